The second kappa shape index (κ2) is 3.79. The van der Waals surface area contributed by atoms with Crippen LogP contribution < -0.4 is 0 Å². The maximum absolute atomic E-state index is 12.8. The van der Waals surface area contributed by atoms with Crippen molar-refractivity contribution in [1.29, 1.82) is 0 Å². The fourth-order valence-corrected chi connectivity index (χ4v) is 2.10. The van der Waals surface area contributed by atoms with Crippen LogP contribution in [0.15, 0.2) is 18.5 Å². The molecule has 18 heavy (non-hydrogen) atoms. The first-order valence-electron chi connectivity index (χ1n) is 5.04. The lowest BCUT2D eigenvalue weighted by Gasteiger charge is -2.37. The lowest BCUT2D eigenvalue weighted by Crippen LogP contribution is -2.49. The molecule has 0 amide bonds. The molecule has 0 spiro atoms. The average Bonchev–Trinajstić information content (AvgIpc) is 2.23. The van der Waals surface area contributed by atoms with Gasteiger partial charge in [0, 0.05) is 30.8 Å². The SMILES string of the molecule is O=C1CC(C(=O)O)(c2cnccc2C(F)(F)F)C1. The van der Waals surface area contributed by atoms with E-state index in [2.05, 4.69) is 4.98 Å². The van der Waals surface area contributed by atoms with Crippen LogP contribution in [0.1, 0.15) is 24.0 Å². The zero-order valence-corrected chi connectivity index (χ0v) is 8.99. The molecule has 0 radical (unpaired) electrons. The lowest BCUT2D eigenvalue weighted by molar-refractivity contribution is -0.155. The normalized spacial score (nSPS) is 18.3. The fourth-order valence-electron chi connectivity index (χ4n) is 2.10. The fraction of sp³-hybridized carbons (Fsp3) is 0.364. The van der Waals surface area contributed by atoms with Crippen molar-refractivity contribution in [1.82, 2.24) is 4.98 Å². The van der Waals surface area contributed by atoms with E-state index in [1.165, 1.54) is 0 Å². The number of hydrogen-bond donors (Lipinski definition) is 1. The van der Waals surface area contributed by atoms with E-state index in [-0.39, 0.29) is 5.78 Å². The molecule has 2 rings (SSSR count). The van der Waals surface area contributed by atoms with Gasteiger partial charge in [-0.25, -0.2) is 0 Å². The molecule has 1 fully saturated rings. The molecular formula is C11H8F3NO3. The molecule has 1 aromatic rings. The summed E-state index contributed by atoms with van der Waals surface area (Å²) in [5.74, 6) is -1.80. The Morgan fingerprint density at radius 2 is 2.00 bits per heavy atom. The van der Waals surface area contributed by atoms with Gasteiger partial charge in [0.2, 0.25) is 0 Å². The van der Waals surface area contributed by atoms with Crippen LogP contribution in [-0.4, -0.2) is 21.8 Å². The number of nitrogens with zero attached hydrogens (tertiary/aromatic N) is 1. The van der Waals surface area contributed by atoms with Gasteiger partial charge in [-0.05, 0) is 6.07 Å². The van der Waals surface area contributed by atoms with Gasteiger partial charge in [-0.1, -0.05) is 0 Å². The first-order valence-corrected chi connectivity index (χ1v) is 5.04. The number of aromatic nitrogens is 1. The lowest BCUT2D eigenvalue weighted by atomic mass is 9.63. The van der Waals surface area contributed by atoms with E-state index >= 15 is 0 Å². The summed E-state index contributed by atoms with van der Waals surface area (Å²) < 4.78 is 38.4. The molecule has 4 nitrogen and oxygen atoms in total. The Morgan fingerprint density at radius 3 is 2.44 bits per heavy atom. The Kier molecular flexibility index (Phi) is 2.64. The molecule has 96 valence electrons. The number of carboxylic acids is 1. The number of pyridine rings is 1. The molecule has 1 N–H and O–H groups in total. The summed E-state index contributed by atoms with van der Waals surface area (Å²) in [4.78, 5) is 25.7. The van der Waals surface area contributed by atoms with Crippen LogP contribution in [0.25, 0.3) is 0 Å². The predicted molar refractivity (Wildman–Crippen MR) is 52.8 cm³/mol. The van der Waals surface area contributed by atoms with Crippen LogP contribution in [-0.2, 0) is 21.2 Å². The standard InChI is InChI=1S/C11H8F3NO3/c12-11(13,14)7-1-2-15-5-8(7)10(9(17)18)3-6(16)4-10/h1-2,5H,3-4H2,(H,17,18). The van der Waals surface area contributed by atoms with Crippen molar-refractivity contribution in [3.8, 4) is 0 Å². The highest BCUT2D eigenvalue weighted by atomic mass is 19.4. The van der Waals surface area contributed by atoms with Crippen molar-refractivity contribution in [2.45, 2.75) is 24.4 Å². The molecular weight excluding hydrogens is 251 g/mol. The van der Waals surface area contributed by atoms with E-state index in [0.29, 0.717) is 0 Å². The molecule has 1 aromatic heterocycles. The van der Waals surface area contributed by atoms with Crippen LogP contribution in [0.3, 0.4) is 0 Å². The quantitative estimate of drug-likeness (QED) is 0.879. The number of alkyl halides is 3. The number of Topliss-reactive ketones (excluding diaryl/α,β-unsaturated/α-hetero) is 1. The Labute approximate surface area is 99.4 Å². The van der Waals surface area contributed by atoms with E-state index in [0.717, 1.165) is 18.5 Å². The van der Waals surface area contributed by atoms with Crippen LogP contribution in [0.2, 0.25) is 0 Å². The van der Waals surface area contributed by atoms with Crippen molar-refractivity contribution < 1.29 is 27.9 Å². The molecule has 0 saturated heterocycles. The van der Waals surface area contributed by atoms with Gasteiger partial charge in [0.1, 0.15) is 11.2 Å². The molecule has 7 heteroatoms. The molecule has 0 atom stereocenters. The Balaban J connectivity index is 2.57. The van der Waals surface area contributed by atoms with Crippen molar-refractivity contribution in [2.75, 3.05) is 0 Å². The summed E-state index contributed by atoms with van der Waals surface area (Å²) in [6, 6.07) is 0.725. The largest absolute Gasteiger partial charge is 0.481 e. The third-order valence-electron chi connectivity index (χ3n) is 3.05. The Morgan fingerprint density at radius 1 is 1.39 bits per heavy atom. The summed E-state index contributed by atoms with van der Waals surface area (Å²) in [7, 11) is 0. The van der Waals surface area contributed by atoms with Crippen molar-refractivity contribution in [2.24, 2.45) is 0 Å². The Bertz CT molecular complexity index is 517. The number of carbonyl (C=O) groups is 2. The average molecular weight is 259 g/mol. The van der Waals surface area contributed by atoms with Gasteiger partial charge in [-0.2, -0.15) is 13.2 Å². The zero-order chi connectivity index (χ0) is 13.6. The van der Waals surface area contributed by atoms with Crippen LogP contribution in [0.5, 0.6) is 0 Å². The number of aliphatic carboxylic acids is 1. The number of carbonyl (C=O) groups excluding carboxylic acids is 1. The van der Waals surface area contributed by atoms with Crippen molar-refractivity contribution in [3.63, 3.8) is 0 Å². The minimum absolute atomic E-state index is 0.366. The maximum Gasteiger partial charge on any atom is 0.416 e. The summed E-state index contributed by atoms with van der Waals surface area (Å²) in [6.45, 7) is 0. The summed E-state index contributed by atoms with van der Waals surface area (Å²) in [5, 5.41) is 9.10. The maximum atomic E-state index is 12.8. The van der Waals surface area contributed by atoms with Gasteiger partial charge >= 0.3 is 12.1 Å². The number of hydrogen-bond acceptors (Lipinski definition) is 3. The minimum atomic E-state index is -4.67. The van der Waals surface area contributed by atoms with Gasteiger partial charge in [-0.3, -0.25) is 14.6 Å². The second-order valence-corrected chi connectivity index (χ2v) is 4.20. The van der Waals surface area contributed by atoms with Crippen LogP contribution in [0, 0.1) is 0 Å². The van der Waals surface area contributed by atoms with Gasteiger partial charge in [-0.15, -0.1) is 0 Å². The number of rotatable bonds is 2. The first kappa shape index (κ1) is 12.5. The van der Waals surface area contributed by atoms with E-state index < -0.39 is 41.5 Å². The molecule has 0 aliphatic heterocycles. The molecule has 0 aromatic carbocycles. The molecule has 1 heterocycles. The highest BCUT2D eigenvalue weighted by Crippen LogP contribution is 2.46. The second-order valence-electron chi connectivity index (χ2n) is 4.20. The van der Waals surface area contributed by atoms with Gasteiger partial charge in [0.25, 0.3) is 0 Å². The smallest absolute Gasteiger partial charge is 0.416 e. The Hall–Kier alpha value is -1.92. The molecule has 0 bridgehead atoms. The van der Waals surface area contributed by atoms with E-state index in [4.69, 9.17) is 5.11 Å². The molecule has 1 aliphatic carbocycles. The zero-order valence-electron chi connectivity index (χ0n) is 8.99. The predicted octanol–water partition coefficient (Wildman–Crippen LogP) is 1.79. The minimum Gasteiger partial charge on any atom is -0.481 e. The number of carboxylic acid groups (broad SMARTS) is 1. The molecule has 1 saturated carbocycles. The van der Waals surface area contributed by atoms with Gasteiger partial charge in [0.05, 0.1) is 5.56 Å². The highest BCUT2D eigenvalue weighted by Gasteiger charge is 2.54. The van der Waals surface area contributed by atoms with Gasteiger partial charge < -0.3 is 5.11 Å². The molecule has 0 unspecified atom stereocenters. The van der Waals surface area contributed by atoms with Gasteiger partial charge in [0.15, 0.2) is 0 Å². The molecule has 1 aliphatic rings. The summed E-state index contributed by atoms with van der Waals surface area (Å²) in [6.07, 6.45) is -3.68. The summed E-state index contributed by atoms with van der Waals surface area (Å²) in [5.41, 5.74) is -3.27. The van der Waals surface area contributed by atoms with E-state index in [1.807, 2.05) is 0 Å². The third kappa shape index (κ3) is 1.75. The number of ketones is 1. The first-order chi connectivity index (χ1) is 8.27. The summed E-state index contributed by atoms with van der Waals surface area (Å²) >= 11 is 0. The van der Waals surface area contributed by atoms with E-state index in [1.54, 1.807) is 0 Å². The topological polar surface area (TPSA) is 67.3 Å². The van der Waals surface area contributed by atoms with Crippen LogP contribution in [0.4, 0.5) is 13.2 Å². The highest BCUT2D eigenvalue weighted by molar-refractivity contribution is 6.01. The van der Waals surface area contributed by atoms with Crippen LogP contribution >= 0.6 is 0 Å². The van der Waals surface area contributed by atoms with Crippen molar-refractivity contribution >= 4 is 11.8 Å². The van der Waals surface area contributed by atoms with E-state index in [9.17, 15) is 22.8 Å². The monoisotopic (exact) mass is 259 g/mol. The number of halogens is 3. The third-order valence-corrected chi connectivity index (χ3v) is 3.05. The van der Waals surface area contributed by atoms with Crippen molar-refractivity contribution in [3.05, 3.63) is 29.6 Å².